The predicted molar refractivity (Wildman–Crippen MR) is 62.6 cm³/mol. The Morgan fingerprint density at radius 1 is 1.50 bits per heavy atom. The lowest BCUT2D eigenvalue weighted by atomic mass is 10.6. The topological polar surface area (TPSA) is 91.9 Å². The molecule has 2 heterocycles. The van der Waals surface area contributed by atoms with Crippen LogP contribution in [0.25, 0.3) is 0 Å². The van der Waals surface area contributed by atoms with Gasteiger partial charge in [-0.1, -0.05) is 11.3 Å². The van der Waals surface area contributed by atoms with Gasteiger partial charge in [0.05, 0.1) is 0 Å². The monoisotopic (exact) mass is 277 g/mol. The minimum atomic E-state index is -3.71. The molecule has 9 heteroatoms. The molecule has 0 saturated carbocycles. The van der Waals surface area contributed by atoms with Gasteiger partial charge in [-0.25, -0.2) is 13.4 Å². The van der Waals surface area contributed by atoms with Crippen molar-refractivity contribution in [1.82, 2.24) is 9.97 Å². The third-order valence-electron chi connectivity index (χ3n) is 1.68. The number of aromatic nitrogens is 2. The van der Waals surface area contributed by atoms with Crippen LogP contribution in [0.15, 0.2) is 20.6 Å². The van der Waals surface area contributed by atoms with Crippen LogP contribution in [0.3, 0.4) is 0 Å². The van der Waals surface area contributed by atoms with Gasteiger partial charge in [-0.05, 0) is 6.92 Å². The fourth-order valence-corrected chi connectivity index (χ4v) is 4.17. The average Bonchev–Trinajstić information content (AvgIpc) is 2.75. The summed E-state index contributed by atoms with van der Waals surface area (Å²) in [6.07, 6.45) is 1.49. The fourth-order valence-electron chi connectivity index (χ4n) is 1.08. The molecule has 0 aliphatic rings. The number of anilines is 1. The lowest BCUT2D eigenvalue weighted by Gasteiger charge is -2.02. The number of H-pyrrole nitrogens is 1. The summed E-state index contributed by atoms with van der Waals surface area (Å²) in [4.78, 5) is 16.9. The van der Waals surface area contributed by atoms with Gasteiger partial charge in [-0.2, -0.15) is 0 Å². The molecule has 0 bridgehead atoms. The highest BCUT2D eigenvalue weighted by molar-refractivity contribution is 7.94. The number of thiazole rings is 2. The van der Waals surface area contributed by atoms with Crippen molar-refractivity contribution in [3.05, 3.63) is 26.9 Å². The zero-order valence-corrected chi connectivity index (χ0v) is 10.5. The summed E-state index contributed by atoms with van der Waals surface area (Å²) in [5.74, 6) is 0. The van der Waals surface area contributed by atoms with Crippen LogP contribution in [-0.2, 0) is 10.0 Å². The van der Waals surface area contributed by atoms with Crippen molar-refractivity contribution in [2.24, 2.45) is 0 Å². The summed E-state index contributed by atoms with van der Waals surface area (Å²) in [7, 11) is -3.71. The Balaban J connectivity index is 2.40. The van der Waals surface area contributed by atoms with E-state index in [0.29, 0.717) is 17.0 Å². The van der Waals surface area contributed by atoms with Crippen molar-refractivity contribution in [3.8, 4) is 0 Å². The molecule has 2 aromatic rings. The minimum absolute atomic E-state index is 0.00676. The first-order chi connectivity index (χ1) is 7.49. The molecule has 0 aliphatic heterocycles. The largest absolute Gasteiger partial charge is 0.315 e. The highest BCUT2D eigenvalue weighted by Crippen LogP contribution is 2.21. The Bertz CT molecular complexity index is 638. The molecule has 2 aromatic heterocycles. The van der Waals surface area contributed by atoms with Crippen molar-refractivity contribution in [3.63, 3.8) is 0 Å². The van der Waals surface area contributed by atoms with Gasteiger partial charge >= 0.3 is 4.87 Å². The van der Waals surface area contributed by atoms with Crippen molar-refractivity contribution in [2.75, 3.05) is 4.72 Å². The molecule has 16 heavy (non-hydrogen) atoms. The number of hydrogen-bond acceptors (Lipinski definition) is 6. The SMILES string of the molecule is Cc1[nH]c(=O)sc1S(=O)(=O)Nc1nccs1. The highest BCUT2D eigenvalue weighted by Gasteiger charge is 2.21. The Kier molecular flexibility index (Phi) is 2.82. The quantitative estimate of drug-likeness (QED) is 0.875. The van der Waals surface area contributed by atoms with E-state index in [9.17, 15) is 13.2 Å². The number of rotatable bonds is 3. The standard InChI is InChI=1S/C7H7N3O3S3/c1-4-5(15-7(11)9-4)16(12,13)10-6-8-2-3-14-6/h2-3H,1H3,(H,8,10)(H,9,11). The van der Waals surface area contributed by atoms with Crippen LogP contribution in [0.1, 0.15) is 5.69 Å². The Morgan fingerprint density at radius 2 is 2.25 bits per heavy atom. The normalized spacial score (nSPS) is 11.6. The second kappa shape index (κ2) is 4.00. The maximum Gasteiger partial charge on any atom is 0.306 e. The minimum Gasteiger partial charge on any atom is -0.315 e. The second-order valence-electron chi connectivity index (χ2n) is 2.87. The molecule has 0 fully saturated rings. The molecule has 0 radical (unpaired) electrons. The summed E-state index contributed by atoms with van der Waals surface area (Å²) in [5.41, 5.74) is 0.332. The van der Waals surface area contributed by atoms with E-state index in [1.807, 2.05) is 0 Å². The second-order valence-corrected chi connectivity index (χ2v) is 6.63. The molecule has 0 amide bonds. The van der Waals surface area contributed by atoms with E-state index >= 15 is 0 Å². The number of nitrogens with one attached hydrogen (secondary N) is 2. The van der Waals surface area contributed by atoms with Crippen molar-refractivity contribution in [2.45, 2.75) is 11.1 Å². The van der Waals surface area contributed by atoms with Crippen LogP contribution in [0, 0.1) is 6.92 Å². The molecule has 2 rings (SSSR count). The van der Waals surface area contributed by atoms with E-state index in [1.54, 1.807) is 5.38 Å². The first-order valence-corrected chi connectivity index (χ1v) is 7.29. The van der Waals surface area contributed by atoms with Gasteiger partial charge in [-0.3, -0.25) is 9.52 Å². The average molecular weight is 277 g/mol. The van der Waals surface area contributed by atoms with E-state index < -0.39 is 14.9 Å². The molecule has 0 atom stereocenters. The van der Waals surface area contributed by atoms with E-state index in [1.165, 1.54) is 24.5 Å². The molecular weight excluding hydrogens is 270 g/mol. The van der Waals surface area contributed by atoms with Crippen molar-refractivity contribution < 1.29 is 8.42 Å². The van der Waals surface area contributed by atoms with Gasteiger partial charge in [0.1, 0.15) is 0 Å². The Hall–Kier alpha value is -1.19. The van der Waals surface area contributed by atoms with Gasteiger partial charge in [0, 0.05) is 17.3 Å². The van der Waals surface area contributed by atoms with Crippen molar-refractivity contribution >= 4 is 37.8 Å². The molecule has 86 valence electrons. The van der Waals surface area contributed by atoms with Gasteiger partial charge in [-0.15, -0.1) is 11.3 Å². The number of sulfonamides is 1. The van der Waals surface area contributed by atoms with Gasteiger partial charge in [0.15, 0.2) is 9.34 Å². The maximum absolute atomic E-state index is 11.8. The molecule has 2 N–H and O–H groups in total. The smallest absolute Gasteiger partial charge is 0.306 e. The molecule has 0 spiro atoms. The van der Waals surface area contributed by atoms with Gasteiger partial charge in [0.2, 0.25) is 0 Å². The van der Waals surface area contributed by atoms with Crippen LogP contribution in [0.5, 0.6) is 0 Å². The van der Waals surface area contributed by atoms with Crippen LogP contribution in [-0.4, -0.2) is 18.4 Å². The summed E-state index contributed by atoms with van der Waals surface area (Å²) < 4.78 is 26.0. The number of aryl methyl sites for hydroxylation is 1. The Labute approximate surface area is 99.0 Å². The maximum atomic E-state index is 11.8. The first kappa shape index (κ1) is 11.3. The summed E-state index contributed by atoms with van der Waals surface area (Å²) in [6.45, 7) is 1.54. The molecule has 0 aliphatic carbocycles. The third-order valence-corrected chi connectivity index (χ3v) is 5.44. The number of nitrogens with zero attached hydrogens (tertiary/aromatic N) is 1. The van der Waals surface area contributed by atoms with Crippen LogP contribution in [0.4, 0.5) is 5.13 Å². The van der Waals surface area contributed by atoms with E-state index in [4.69, 9.17) is 0 Å². The predicted octanol–water partition coefficient (Wildman–Crippen LogP) is 1.00. The van der Waals surface area contributed by atoms with E-state index in [-0.39, 0.29) is 9.34 Å². The van der Waals surface area contributed by atoms with Crippen LogP contribution < -0.4 is 9.60 Å². The fraction of sp³-hybridized carbons (Fsp3) is 0.143. The summed E-state index contributed by atoms with van der Waals surface area (Å²) >= 11 is 1.83. The highest BCUT2D eigenvalue weighted by atomic mass is 32.2. The lowest BCUT2D eigenvalue weighted by Crippen LogP contribution is -2.12. The lowest BCUT2D eigenvalue weighted by molar-refractivity contribution is 0.602. The third kappa shape index (κ3) is 2.15. The molecular formula is C7H7N3O3S3. The molecule has 0 aromatic carbocycles. The Morgan fingerprint density at radius 3 is 2.75 bits per heavy atom. The van der Waals surface area contributed by atoms with Crippen LogP contribution in [0.2, 0.25) is 0 Å². The van der Waals surface area contributed by atoms with E-state index in [2.05, 4.69) is 14.7 Å². The van der Waals surface area contributed by atoms with Gasteiger partial charge in [0.25, 0.3) is 10.0 Å². The van der Waals surface area contributed by atoms with Crippen LogP contribution >= 0.6 is 22.7 Å². The summed E-state index contributed by atoms with van der Waals surface area (Å²) in [5, 5.41) is 1.94. The molecule has 0 unspecified atom stereocenters. The first-order valence-electron chi connectivity index (χ1n) is 4.11. The number of aromatic amines is 1. The number of hydrogen-bond donors (Lipinski definition) is 2. The zero-order valence-electron chi connectivity index (χ0n) is 8.05. The molecule has 0 saturated heterocycles. The van der Waals surface area contributed by atoms with Gasteiger partial charge < -0.3 is 4.98 Å². The summed E-state index contributed by atoms with van der Waals surface area (Å²) in [6, 6.07) is 0. The van der Waals surface area contributed by atoms with Crippen molar-refractivity contribution in [1.29, 1.82) is 0 Å². The molecule has 6 nitrogen and oxygen atoms in total. The zero-order chi connectivity index (χ0) is 11.8. The van der Waals surface area contributed by atoms with E-state index in [0.717, 1.165) is 0 Å².